The van der Waals surface area contributed by atoms with Gasteiger partial charge in [0.2, 0.25) is 0 Å². The van der Waals surface area contributed by atoms with Gasteiger partial charge in [0.05, 0.1) is 0 Å². The van der Waals surface area contributed by atoms with Crippen molar-refractivity contribution in [1.29, 1.82) is 0 Å². The molecule has 108 valence electrons. The molecule has 1 fully saturated rings. The van der Waals surface area contributed by atoms with Gasteiger partial charge in [0.25, 0.3) is 0 Å². The Labute approximate surface area is 115 Å². The average Bonchev–Trinajstić information content (AvgIpc) is 2.33. The van der Waals surface area contributed by atoms with Crippen LogP contribution in [-0.4, -0.2) is 37.6 Å². The second-order valence-corrected chi connectivity index (χ2v) is 6.88. The lowest BCUT2D eigenvalue weighted by molar-refractivity contribution is 0.191. The molecule has 1 atom stereocenters. The maximum Gasteiger partial charge on any atom is 0.00218 e. The third-order valence-electron chi connectivity index (χ3n) is 3.96. The minimum absolute atomic E-state index is 0.830. The second-order valence-electron chi connectivity index (χ2n) is 6.88. The van der Waals surface area contributed by atoms with Crippen molar-refractivity contribution < 1.29 is 0 Å². The summed E-state index contributed by atoms with van der Waals surface area (Å²) >= 11 is 0. The van der Waals surface area contributed by atoms with Crippen molar-refractivity contribution in [2.24, 2.45) is 17.8 Å². The Hall–Kier alpha value is -0.0800. The van der Waals surface area contributed by atoms with Gasteiger partial charge in [-0.3, -0.25) is 0 Å². The van der Waals surface area contributed by atoms with Crippen molar-refractivity contribution in [2.45, 2.75) is 53.4 Å². The lowest BCUT2D eigenvalue weighted by Crippen LogP contribution is -2.39. The van der Waals surface area contributed by atoms with Crippen LogP contribution in [0.5, 0.6) is 0 Å². The Kier molecular flexibility index (Phi) is 7.92. The van der Waals surface area contributed by atoms with E-state index in [0.717, 1.165) is 17.8 Å². The minimum Gasteiger partial charge on any atom is -0.316 e. The fraction of sp³-hybridized carbons (Fsp3) is 1.00. The fourth-order valence-corrected chi connectivity index (χ4v) is 2.62. The lowest BCUT2D eigenvalue weighted by atomic mass is 9.98. The fourth-order valence-electron chi connectivity index (χ4n) is 2.62. The average molecular weight is 254 g/mol. The quantitative estimate of drug-likeness (QED) is 0.714. The molecule has 0 saturated carbocycles. The highest BCUT2D eigenvalue weighted by Gasteiger charge is 2.17. The molecule has 0 spiro atoms. The van der Waals surface area contributed by atoms with Crippen LogP contribution < -0.4 is 5.32 Å². The smallest absolute Gasteiger partial charge is 0.00218 e. The summed E-state index contributed by atoms with van der Waals surface area (Å²) in [5.74, 6) is 2.55. The maximum absolute atomic E-state index is 3.54. The first-order chi connectivity index (χ1) is 8.58. The van der Waals surface area contributed by atoms with E-state index >= 15 is 0 Å². The first-order valence-corrected chi connectivity index (χ1v) is 8.01. The molecule has 1 aliphatic rings. The minimum atomic E-state index is 0.830. The van der Waals surface area contributed by atoms with E-state index in [1.54, 1.807) is 0 Å². The normalized spacial score (nSPS) is 21.2. The van der Waals surface area contributed by atoms with E-state index in [1.807, 2.05) is 0 Å². The molecular formula is C16H34N2. The summed E-state index contributed by atoms with van der Waals surface area (Å²) in [4.78, 5) is 2.72. The largest absolute Gasteiger partial charge is 0.316 e. The molecule has 1 aliphatic heterocycles. The van der Waals surface area contributed by atoms with Crippen LogP contribution in [0.2, 0.25) is 0 Å². The van der Waals surface area contributed by atoms with E-state index < -0.39 is 0 Å². The van der Waals surface area contributed by atoms with Crippen LogP contribution in [-0.2, 0) is 0 Å². The van der Waals surface area contributed by atoms with E-state index in [9.17, 15) is 0 Å². The van der Waals surface area contributed by atoms with Crippen LogP contribution in [0.4, 0.5) is 0 Å². The van der Waals surface area contributed by atoms with Crippen molar-refractivity contribution in [1.82, 2.24) is 10.2 Å². The monoisotopic (exact) mass is 254 g/mol. The molecule has 1 rings (SSSR count). The molecule has 1 unspecified atom stereocenters. The van der Waals surface area contributed by atoms with Gasteiger partial charge in [-0.1, -0.05) is 27.7 Å². The van der Waals surface area contributed by atoms with Crippen molar-refractivity contribution in [3.05, 3.63) is 0 Å². The van der Waals surface area contributed by atoms with Crippen LogP contribution in [0.25, 0.3) is 0 Å². The Balaban J connectivity index is 2.31. The standard InChI is InChI=1S/C16H34N2/c1-14(2)7-10-18(11-8-15(3)4)13-16-6-5-9-17-12-16/h14-17H,5-13H2,1-4H3. The molecule has 2 nitrogen and oxygen atoms in total. The molecule has 1 N–H and O–H groups in total. The zero-order valence-electron chi connectivity index (χ0n) is 13.0. The van der Waals surface area contributed by atoms with Gasteiger partial charge in [-0.2, -0.15) is 0 Å². The highest BCUT2D eigenvalue weighted by Crippen LogP contribution is 2.14. The Bertz CT molecular complexity index is 183. The van der Waals surface area contributed by atoms with Gasteiger partial charge in [0.15, 0.2) is 0 Å². The summed E-state index contributed by atoms with van der Waals surface area (Å²) in [5.41, 5.74) is 0. The summed E-state index contributed by atoms with van der Waals surface area (Å²) < 4.78 is 0. The topological polar surface area (TPSA) is 15.3 Å². The Morgan fingerprint density at radius 3 is 2.11 bits per heavy atom. The molecule has 2 heteroatoms. The lowest BCUT2D eigenvalue weighted by Gasteiger charge is -2.31. The van der Waals surface area contributed by atoms with Gasteiger partial charge >= 0.3 is 0 Å². The second kappa shape index (κ2) is 8.92. The third-order valence-corrected chi connectivity index (χ3v) is 3.96. The zero-order valence-corrected chi connectivity index (χ0v) is 13.0. The van der Waals surface area contributed by atoms with Gasteiger partial charge < -0.3 is 10.2 Å². The first kappa shape index (κ1) is 16.0. The van der Waals surface area contributed by atoms with Crippen molar-refractivity contribution >= 4 is 0 Å². The summed E-state index contributed by atoms with van der Waals surface area (Å²) in [7, 11) is 0. The van der Waals surface area contributed by atoms with Crippen LogP contribution in [0.3, 0.4) is 0 Å². The van der Waals surface area contributed by atoms with E-state index in [1.165, 1.54) is 58.4 Å². The predicted molar refractivity (Wildman–Crippen MR) is 80.9 cm³/mol. The van der Waals surface area contributed by atoms with Gasteiger partial charge in [0, 0.05) is 6.54 Å². The van der Waals surface area contributed by atoms with Crippen molar-refractivity contribution in [3.8, 4) is 0 Å². The molecular weight excluding hydrogens is 220 g/mol. The Morgan fingerprint density at radius 2 is 1.67 bits per heavy atom. The van der Waals surface area contributed by atoms with E-state index in [0.29, 0.717) is 0 Å². The van der Waals surface area contributed by atoms with Gasteiger partial charge in [-0.25, -0.2) is 0 Å². The summed E-state index contributed by atoms with van der Waals surface area (Å²) in [6.07, 6.45) is 5.48. The van der Waals surface area contributed by atoms with Crippen molar-refractivity contribution in [2.75, 3.05) is 32.7 Å². The van der Waals surface area contributed by atoms with Crippen molar-refractivity contribution in [3.63, 3.8) is 0 Å². The molecule has 0 bridgehead atoms. The highest BCUT2D eigenvalue weighted by atomic mass is 15.1. The van der Waals surface area contributed by atoms with Crippen LogP contribution in [0, 0.1) is 17.8 Å². The van der Waals surface area contributed by atoms with E-state index in [4.69, 9.17) is 0 Å². The molecule has 0 aromatic heterocycles. The summed E-state index contributed by atoms with van der Waals surface area (Å²) in [6, 6.07) is 0. The number of nitrogens with one attached hydrogen (secondary N) is 1. The van der Waals surface area contributed by atoms with E-state index in [2.05, 4.69) is 37.9 Å². The molecule has 1 saturated heterocycles. The van der Waals surface area contributed by atoms with Crippen LogP contribution >= 0.6 is 0 Å². The maximum atomic E-state index is 3.54. The number of nitrogens with zero attached hydrogens (tertiary/aromatic N) is 1. The summed E-state index contributed by atoms with van der Waals surface area (Å²) in [6.45, 7) is 15.7. The Morgan fingerprint density at radius 1 is 1.06 bits per heavy atom. The molecule has 0 amide bonds. The van der Waals surface area contributed by atoms with E-state index in [-0.39, 0.29) is 0 Å². The number of hydrogen-bond donors (Lipinski definition) is 1. The SMILES string of the molecule is CC(C)CCN(CCC(C)C)CC1CCCNC1. The molecule has 1 heterocycles. The van der Waals surface area contributed by atoms with Crippen LogP contribution in [0.1, 0.15) is 53.4 Å². The zero-order chi connectivity index (χ0) is 13.4. The van der Waals surface area contributed by atoms with Gasteiger partial charge in [-0.05, 0) is 69.6 Å². The van der Waals surface area contributed by atoms with Gasteiger partial charge in [0.1, 0.15) is 0 Å². The number of hydrogen-bond acceptors (Lipinski definition) is 2. The predicted octanol–water partition coefficient (Wildman–Crippen LogP) is 3.38. The molecule has 0 aromatic carbocycles. The summed E-state index contributed by atoms with van der Waals surface area (Å²) in [5, 5.41) is 3.54. The molecule has 0 aromatic rings. The highest BCUT2D eigenvalue weighted by molar-refractivity contribution is 4.73. The first-order valence-electron chi connectivity index (χ1n) is 8.01. The molecule has 0 radical (unpaired) electrons. The molecule has 0 aliphatic carbocycles. The number of rotatable bonds is 8. The van der Waals surface area contributed by atoms with Crippen LogP contribution in [0.15, 0.2) is 0 Å². The third kappa shape index (κ3) is 7.38. The molecule has 18 heavy (non-hydrogen) atoms. The number of piperidine rings is 1. The van der Waals surface area contributed by atoms with Gasteiger partial charge in [-0.15, -0.1) is 0 Å².